The first-order valence-electron chi connectivity index (χ1n) is 10.9. The molecule has 0 aliphatic carbocycles. The summed E-state index contributed by atoms with van der Waals surface area (Å²) in [5.74, 6) is -0.205. The molecule has 8 heteroatoms. The van der Waals surface area contributed by atoms with Crippen molar-refractivity contribution in [3.63, 3.8) is 0 Å². The van der Waals surface area contributed by atoms with E-state index < -0.39 is 10.0 Å². The van der Waals surface area contributed by atoms with Crippen LogP contribution in [0.1, 0.15) is 69.4 Å². The molecular weight excluding hydrogens is 458 g/mol. The minimum absolute atomic E-state index is 0. The van der Waals surface area contributed by atoms with Crippen LogP contribution in [0.25, 0.3) is 0 Å². The molecule has 0 aromatic heterocycles. The van der Waals surface area contributed by atoms with Crippen molar-refractivity contribution < 1.29 is 13.2 Å². The average Bonchev–Trinajstić information content (AvgIpc) is 2.71. The molecule has 0 heterocycles. The van der Waals surface area contributed by atoms with Gasteiger partial charge in [0.2, 0.25) is 0 Å². The SMILES string of the molecule is CN(c1ccc(C(=O)NCCCN)cc1)S(=O)(=O)c1cc(C(C)(C)C)cc(C(C)(C)C)c1.Cl. The van der Waals surface area contributed by atoms with Gasteiger partial charge in [0.25, 0.3) is 15.9 Å². The molecule has 3 N–H and O–H groups in total. The Kier molecular flexibility index (Phi) is 9.55. The number of halogens is 1. The second kappa shape index (κ2) is 10.9. The Labute approximate surface area is 205 Å². The number of nitrogens with zero attached hydrogens (tertiary/aromatic N) is 1. The summed E-state index contributed by atoms with van der Waals surface area (Å²) < 4.78 is 28.3. The van der Waals surface area contributed by atoms with Gasteiger partial charge in [0, 0.05) is 19.2 Å². The number of carbonyl (C=O) groups excluding carboxylic acids is 1. The number of hydrogen-bond donors (Lipinski definition) is 2. The van der Waals surface area contributed by atoms with Crippen molar-refractivity contribution in [1.82, 2.24) is 5.32 Å². The van der Waals surface area contributed by atoms with Crippen LogP contribution in [0.4, 0.5) is 5.69 Å². The standard InChI is InChI=1S/C25H37N3O3S.ClH/c1-24(2,3)19-15-20(25(4,5)6)17-22(16-19)32(30,31)28(7)21-11-9-18(10-12-21)23(29)27-14-8-13-26;/h9-12,15-17H,8,13-14,26H2,1-7H3,(H,27,29);1H. The highest BCUT2D eigenvalue weighted by molar-refractivity contribution is 7.92. The van der Waals surface area contributed by atoms with Gasteiger partial charge in [-0.25, -0.2) is 8.42 Å². The molecular formula is C25H38ClN3O3S. The van der Waals surface area contributed by atoms with E-state index in [-0.39, 0.29) is 34.0 Å². The predicted molar refractivity (Wildman–Crippen MR) is 139 cm³/mol. The summed E-state index contributed by atoms with van der Waals surface area (Å²) in [6, 6.07) is 12.2. The molecule has 0 saturated heterocycles. The van der Waals surface area contributed by atoms with E-state index in [2.05, 4.69) is 52.9 Å². The van der Waals surface area contributed by atoms with Gasteiger partial charge in [0.1, 0.15) is 0 Å². The summed E-state index contributed by atoms with van der Waals surface area (Å²) in [4.78, 5) is 12.5. The monoisotopic (exact) mass is 495 g/mol. The van der Waals surface area contributed by atoms with Gasteiger partial charge < -0.3 is 11.1 Å². The Morgan fingerprint density at radius 1 is 0.939 bits per heavy atom. The van der Waals surface area contributed by atoms with Gasteiger partial charge >= 0.3 is 0 Å². The lowest BCUT2D eigenvalue weighted by atomic mass is 9.81. The maximum absolute atomic E-state index is 13.5. The van der Waals surface area contributed by atoms with Crippen LogP contribution in [0.2, 0.25) is 0 Å². The van der Waals surface area contributed by atoms with Crippen LogP contribution in [0.3, 0.4) is 0 Å². The maximum atomic E-state index is 13.5. The minimum Gasteiger partial charge on any atom is -0.352 e. The van der Waals surface area contributed by atoms with Crippen LogP contribution < -0.4 is 15.4 Å². The molecule has 33 heavy (non-hydrogen) atoms. The first kappa shape index (κ1) is 28.9. The summed E-state index contributed by atoms with van der Waals surface area (Å²) in [6.45, 7) is 13.5. The molecule has 2 aromatic rings. The zero-order valence-corrected chi connectivity index (χ0v) is 22.4. The normalized spacial score (nSPS) is 12.1. The molecule has 0 aliphatic heterocycles. The van der Waals surface area contributed by atoms with E-state index >= 15 is 0 Å². The number of nitrogens with one attached hydrogen (secondary N) is 1. The van der Waals surface area contributed by atoms with Crippen molar-refractivity contribution in [3.05, 3.63) is 59.2 Å². The summed E-state index contributed by atoms with van der Waals surface area (Å²) in [7, 11) is -2.26. The highest BCUT2D eigenvalue weighted by atomic mass is 35.5. The van der Waals surface area contributed by atoms with Crippen molar-refractivity contribution in [2.45, 2.75) is 63.7 Å². The van der Waals surface area contributed by atoms with E-state index in [1.54, 1.807) is 36.4 Å². The molecule has 0 fully saturated rings. The van der Waals surface area contributed by atoms with Crippen molar-refractivity contribution in [1.29, 1.82) is 0 Å². The number of anilines is 1. The van der Waals surface area contributed by atoms with Crippen LogP contribution in [0.15, 0.2) is 47.4 Å². The molecule has 0 atom stereocenters. The smallest absolute Gasteiger partial charge is 0.264 e. The molecule has 0 bridgehead atoms. The first-order valence-corrected chi connectivity index (χ1v) is 12.4. The van der Waals surface area contributed by atoms with Gasteiger partial charge in [-0.1, -0.05) is 47.6 Å². The predicted octanol–water partition coefficient (Wildman–Crippen LogP) is 4.61. The number of amides is 1. The quantitative estimate of drug-likeness (QED) is 0.548. The van der Waals surface area contributed by atoms with Gasteiger partial charge in [0.05, 0.1) is 10.6 Å². The second-order valence-corrected chi connectivity index (χ2v) is 12.1. The van der Waals surface area contributed by atoms with Crippen molar-refractivity contribution in [2.24, 2.45) is 5.73 Å². The number of rotatable bonds is 7. The Hall–Kier alpha value is -2.09. The van der Waals surface area contributed by atoms with Crippen LogP contribution in [0, 0.1) is 0 Å². The molecule has 0 aliphatic rings. The van der Waals surface area contributed by atoms with Crippen LogP contribution >= 0.6 is 12.4 Å². The molecule has 184 valence electrons. The van der Waals surface area contributed by atoms with Crippen molar-refractivity contribution in [3.8, 4) is 0 Å². The summed E-state index contributed by atoms with van der Waals surface area (Å²) in [5.41, 5.74) is 7.97. The van der Waals surface area contributed by atoms with E-state index in [0.29, 0.717) is 30.8 Å². The van der Waals surface area contributed by atoms with Gasteiger partial charge in [-0.3, -0.25) is 9.10 Å². The van der Waals surface area contributed by atoms with Gasteiger partial charge in [-0.2, -0.15) is 0 Å². The van der Waals surface area contributed by atoms with Crippen molar-refractivity contribution in [2.75, 3.05) is 24.4 Å². The topological polar surface area (TPSA) is 92.5 Å². The van der Waals surface area contributed by atoms with E-state index in [1.165, 1.54) is 11.4 Å². The first-order chi connectivity index (χ1) is 14.7. The zero-order chi connectivity index (χ0) is 24.3. The number of nitrogens with two attached hydrogens (primary N) is 1. The summed E-state index contributed by atoms with van der Waals surface area (Å²) in [5, 5.41) is 2.79. The minimum atomic E-state index is -3.79. The molecule has 1 amide bonds. The number of sulfonamides is 1. The van der Waals surface area contributed by atoms with Crippen molar-refractivity contribution >= 4 is 34.0 Å². The third kappa shape index (κ3) is 7.19. The summed E-state index contributed by atoms with van der Waals surface area (Å²) >= 11 is 0. The van der Waals surface area contributed by atoms with E-state index in [0.717, 1.165) is 11.1 Å². The van der Waals surface area contributed by atoms with Crippen LogP contribution in [-0.2, 0) is 20.9 Å². The van der Waals surface area contributed by atoms with Gasteiger partial charge in [-0.15, -0.1) is 12.4 Å². The fraction of sp³-hybridized carbons (Fsp3) is 0.480. The van der Waals surface area contributed by atoms with Crippen LogP contribution in [0.5, 0.6) is 0 Å². The fourth-order valence-electron chi connectivity index (χ4n) is 3.14. The lowest BCUT2D eigenvalue weighted by molar-refractivity contribution is 0.0953. The second-order valence-electron chi connectivity index (χ2n) is 10.2. The molecule has 2 aromatic carbocycles. The molecule has 0 spiro atoms. The molecule has 0 saturated carbocycles. The Balaban J connectivity index is 0.00000544. The Bertz CT molecular complexity index is 1020. The Morgan fingerprint density at radius 2 is 1.42 bits per heavy atom. The lowest BCUT2D eigenvalue weighted by Crippen LogP contribution is -2.28. The number of carbonyl (C=O) groups is 1. The highest BCUT2D eigenvalue weighted by Crippen LogP contribution is 2.33. The van der Waals surface area contributed by atoms with E-state index in [1.807, 2.05) is 0 Å². The molecule has 0 unspecified atom stereocenters. The third-order valence-electron chi connectivity index (χ3n) is 5.46. The average molecular weight is 496 g/mol. The molecule has 2 rings (SSSR count). The molecule has 6 nitrogen and oxygen atoms in total. The summed E-state index contributed by atoms with van der Waals surface area (Å²) in [6.07, 6.45) is 0.703. The largest absolute Gasteiger partial charge is 0.352 e. The number of benzene rings is 2. The van der Waals surface area contributed by atoms with Crippen LogP contribution in [-0.4, -0.2) is 34.5 Å². The third-order valence-corrected chi connectivity index (χ3v) is 7.22. The maximum Gasteiger partial charge on any atom is 0.264 e. The fourth-order valence-corrected chi connectivity index (χ4v) is 4.41. The van der Waals surface area contributed by atoms with Gasteiger partial charge in [0.15, 0.2) is 0 Å². The number of hydrogen-bond acceptors (Lipinski definition) is 4. The van der Waals surface area contributed by atoms with E-state index in [4.69, 9.17) is 5.73 Å². The van der Waals surface area contributed by atoms with Gasteiger partial charge in [-0.05, 0) is 71.3 Å². The Morgan fingerprint density at radius 3 is 1.85 bits per heavy atom. The van der Waals surface area contributed by atoms with E-state index in [9.17, 15) is 13.2 Å². The zero-order valence-electron chi connectivity index (χ0n) is 20.7. The molecule has 0 radical (unpaired) electrons. The highest BCUT2D eigenvalue weighted by Gasteiger charge is 2.27. The lowest BCUT2D eigenvalue weighted by Gasteiger charge is -2.27.